The van der Waals surface area contributed by atoms with Gasteiger partial charge in [-0.05, 0) is 19.9 Å². The molecule has 106 valence electrons. The maximum absolute atomic E-state index is 11.6. The topological polar surface area (TPSA) is 113 Å². The van der Waals surface area contributed by atoms with Gasteiger partial charge < -0.3 is 4.74 Å². The Hall–Kier alpha value is -2.77. The molecule has 0 N–H and O–H groups in total. The van der Waals surface area contributed by atoms with E-state index in [2.05, 4.69) is 0 Å². The van der Waals surface area contributed by atoms with Crippen molar-refractivity contribution in [2.24, 2.45) is 0 Å². The molecule has 0 radical (unpaired) electrons. The molecule has 20 heavy (non-hydrogen) atoms. The standard InChI is InChI=1S/C12H12N2O6/c1-8(2)11(14(18)19)12(15)20-7-9-5-3-4-6-10(9)13(16)17/h3-6H,7H2,1-2H3. The Morgan fingerprint density at radius 3 is 2.30 bits per heavy atom. The Balaban J connectivity index is 2.88. The summed E-state index contributed by atoms with van der Waals surface area (Å²) < 4.78 is 4.76. The van der Waals surface area contributed by atoms with Crippen LogP contribution in [0.15, 0.2) is 35.5 Å². The summed E-state index contributed by atoms with van der Waals surface area (Å²) in [6, 6.07) is 5.70. The molecule has 0 spiro atoms. The van der Waals surface area contributed by atoms with Crippen molar-refractivity contribution in [2.45, 2.75) is 20.5 Å². The predicted octanol–water partition coefficient (Wildman–Crippen LogP) is 2.21. The van der Waals surface area contributed by atoms with Crippen molar-refractivity contribution < 1.29 is 19.4 Å². The number of benzene rings is 1. The van der Waals surface area contributed by atoms with E-state index in [0.29, 0.717) is 0 Å². The van der Waals surface area contributed by atoms with E-state index < -0.39 is 28.1 Å². The van der Waals surface area contributed by atoms with Crippen molar-refractivity contribution in [3.8, 4) is 0 Å². The molecule has 1 aromatic carbocycles. The summed E-state index contributed by atoms with van der Waals surface area (Å²) in [4.78, 5) is 31.6. The van der Waals surface area contributed by atoms with Gasteiger partial charge in [-0.3, -0.25) is 20.2 Å². The highest BCUT2D eigenvalue weighted by atomic mass is 16.6. The molecule has 0 aliphatic carbocycles. The number of nitro benzene ring substituents is 1. The second-order valence-electron chi connectivity index (χ2n) is 4.07. The van der Waals surface area contributed by atoms with Gasteiger partial charge >= 0.3 is 11.7 Å². The van der Waals surface area contributed by atoms with Crippen LogP contribution in [0.1, 0.15) is 19.4 Å². The fraction of sp³-hybridized carbons (Fsp3) is 0.250. The highest BCUT2D eigenvalue weighted by Crippen LogP contribution is 2.19. The summed E-state index contributed by atoms with van der Waals surface area (Å²) in [6.07, 6.45) is 0. The Bertz CT molecular complexity index is 589. The number of nitro groups is 2. The van der Waals surface area contributed by atoms with E-state index in [-0.39, 0.29) is 16.8 Å². The Morgan fingerprint density at radius 2 is 1.80 bits per heavy atom. The first kappa shape index (κ1) is 15.3. The monoisotopic (exact) mass is 280 g/mol. The van der Waals surface area contributed by atoms with Gasteiger partial charge in [0.05, 0.1) is 15.4 Å². The third-order valence-electron chi connectivity index (χ3n) is 2.40. The molecule has 0 aromatic heterocycles. The van der Waals surface area contributed by atoms with Crippen molar-refractivity contribution in [3.63, 3.8) is 0 Å². The molecule has 0 atom stereocenters. The lowest BCUT2D eigenvalue weighted by atomic mass is 10.2. The molecule has 1 rings (SSSR count). The fourth-order valence-corrected chi connectivity index (χ4v) is 1.48. The summed E-state index contributed by atoms with van der Waals surface area (Å²) in [5.74, 6) is -1.12. The highest BCUT2D eigenvalue weighted by molar-refractivity contribution is 5.86. The molecule has 0 amide bonds. The summed E-state index contributed by atoms with van der Waals surface area (Å²) in [5.41, 5.74) is -0.506. The van der Waals surface area contributed by atoms with Gasteiger partial charge in [0.25, 0.3) is 5.69 Å². The van der Waals surface area contributed by atoms with Crippen LogP contribution in [0.5, 0.6) is 0 Å². The number of hydrogen-bond donors (Lipinski definition) is 0. The van der Waals surface area contributed by atoms with Crippen LogP contribution in [0.25, 0.3) is 0 Å². The van der Waals surface area contributed by atoms with Gasteiger partial charge in [-0.2, -0.15) is 0 Å². The Morgan fingerprint density at radius 1 is 1.20 bits per heavy atom. The SMILES string of the molecule is CC(C)=C(C(=O)OCc1ccccc1[N+](=O)[O-])[N+](=O)[O-]. The van der Waals surface area contributed by atoms with E-state index in [0.717, 1.165) is 0 Å². The normalized spacial score (nSPS) is 9.70. The van der Waals surface area contributed by atoms with E-state index in [1.54, 1.807) is 6.07 Å². The maximum atomic E-state index is 11.6. The Kier molecular flexibility index (Phi) is 4.90. The van der Waals surface area contributed by atoms with E-state index in [4.69, 9.17) is 4.74 Å². The zero-order chi connectivity index (χ0) is 15.3. The summed E-state index contributed by atoms with van der Waals surface area (Å²) in [7, 11) is 0. The van der Waals surface area contributed by atoms with Crippen LogP contribution < -0.4 is 0 Å². The quantitative estimate of drug-likeness (QED) is 0.353. The van der Waals surface area contributed by atoms with Gasteiger partial charge in [-0.25, -0.2) is 4.79 Å². The molecule has 8 heteroatoms. The summed E-state index contributed by atoms with van der Waals surface area (Å²) in [5, 5.41) is 21.5. The van der Waals surface area contributed by atoms with Crippen molar-refractivity contribution in [1.29, 1.82) is 0 Å². The lowest BCUT2D eigenvalue weighted by Crippen LogP contribution is -2.16. The highest BCUT2D eigenvalue weighted by Gasteiger charge is 2.26. The van der Waals surface area contributed by atoms with Crippen LogP contribution >= 0.6 is 0 Å². The molecule has 0 fully saturated rings. The number of rotatable bonds is 5. The van der Waals surface area contributed by atoms with Gasteiger partial charge in [0.1, 0.15) is 6.61 Å². The van der Waals surface area contributed by atoms with E-state index in [9.17, 15) is 25.0 Å². The number of para-hydroxylation sites is 1. The smallest absolute Gasteiger partial charge is 0.410 e. The lowest BCUT2D eigenvalue weighted by molar-refractivity contribution is -0.422. The first-order chi connectivity index (χ1) is 9.34. The minimum Gasteiger partial charge on any atom is -0.452 e. The van der Waals surface area contributed by atoms with Crippen LogP contribution in [-0.4, -0.2) is 15.8 Å². The average Bonchev–Trinajstić information content (AvgIpc) is 2.35. The third kappa shape index (κ3) is 3.61. The van der Waals surface area contributed by atoms with Gasteiger partial charge in [0.15, 0.2) is 0 Å². The van der Waals surface area contributed by atoms with Crippen LogP contribution in [0.4, 0.5) is 5.69 Å². The minimum atomic E-state index is -1.12. The number of carbonyl (C=O) groups excluding carboxylic acids is 1. The molecule has 0 saturated carbocycles. The second-order valence-corrected chi connectivity index (χ2v) is 4.07. The number of allylic oxidation sites excluding steroid dienone is 1. The average molecular weight is 280 g/mol. The van der Waals surface area contributed by atoms with Gasteiger partial charge in [0, 0.05) is 11.6 Å². The molecule has 0 bridgehead atoms. The molecular formula is C12H12N2O6. The molecule has 1 aromatic rings. The van der Waals surface area contributed by atoms with Crippen LogP contribution in [0, 0.1) is 20.2 Å². The molecule has 0 aliphatic heterocycles. The Labute approximate surface area is 114 Å². The van der Waals surface area contributed by atoms with Crippen LogP contribution in [0.2, 0.25) is 0 Å². The summed E-state index contributed by atoms with van der Waals surface area (Å²) in [6.45, 7) is 2.41. The van der Waals surface area contributed by atoms with Crippen LogP contribution in [0.3, 0.4) is 0 Å². The molecule has 0 aliphatic rings. The summed E-state index contributed by atoms with van der Waals surface area (Å²) >= 11 is 0. The number of hydrogen-bond acceptors (Lipinski definition) is 6. The first-order valence-electron chi connectivity index (χ1n) is 5.56. The molecule has 8 nitrogen and oxygen atoms in total. The number of nitrogens with zero attached hydrogens (tertiary/aromatic N) is 2. The molecule has 0 unspecified atom stereocenters. The third-order valence-corrected chi connectivity index (χ3v) is 2.40. The predicted molar refractivity (Wildman–Crippen MR) is 68.3 cm³/mol. The minimum absolute atomic E-state index is 0.169. The largest absolute Gasteiger partial charge is 0.452 e. The van der Waals surface area contributed by atoms with E-state index >= 15 is 0 Å². The molecule has 0 saturated heterocycles. The van der Waals surface area contributed by atoms with E-state index in [1.165, 1.54) is 32.0 Å². The van der Waals surface area contributed by atoms with Crippen LogP contribution in [-0.2, 0) is 16.1 Å². The fourth-order valence-electron chi connectivity index (χ4n) is 1.48. The van der Waals surface area contributed by atoms with Gasteiger partial charge in [-0.1, -0.05) is 12.1 Å². The van der Waals surface area contributed by atoms with Crippen molar-refractivity contribution >= 4 is 11.7 Å². The van der Waals surface area contributed by atoms with Crippen molar-refractivity contribution in [2.75, 3.05) is 0 Å². The lowest BCUT2D eigenvalue weighted by Gasteiger charge is -2.05. The molecular weight excluding hydrogens is 268 g/mol. The van der Waals surface area contributed by atoms with Crippen molar-refractivity contribution in [1.82, 2.24) is 0 Å². The number of ether oxygens (including phenoxy) is 1. The van der Waals surface area contributed by atoms with Gasteiger partial charge in [0.2, 0.25) is 0 Å². The van der Waals surface area contributed by atoms with Crippen molar-refractivity contribution in [3.05, 3.63) is 61.3 Å². The van der Waals surface area contributed by atoms with Gasteiger partial charge in [-0.15, -0.1) is 0 Å². The zero-order valence-corrected chi connectivity index (χ0v) is 10.9. The number of carbonyl (C=O) groups is 1. The first-order valence-corrected chi connectivity index (χ1v) is 5.56. The zero-order valence-electron chi connectivity index (χ0n) is 10.9. The number of esters is 1. The molecule has 0 heterocycles. The van der Waals surface area contributed by atoms with E-state index in [1.807, 2.05) is 0 Å². The maximum Gasteiger partial charge on any atom is 0.410 e. The second kappa shape index (κ2) is 6.41.